The molecule has 1 heterocycles. The Kier molecular flexibility index (Phi) is 2.09. The van der Waals surface area contributed by atoms with Crippen LogP contribution in [-0.2, 0) is 13.6 Å². The van der Waals surface area contributed by atoms with Crippen molar-refractivity contribution in [1.29, 1.82) is 0 Å². The van der Waals surface area contributed by atoms with Crippen molar-refractivity contribution in [3.05, 3.63) is 24.0 Å². The van der Waals surface area contributed by atoms with Crippen molar-refractivity contribution in [2.45, 2.75) is 6.54 Å². The molecule has 0 amide bonds. The lowest BCUT2D eigenvalue weighted by atomic mass is 10.4. The summed E-state index contributed by atoms with van der Waals surface area (Å²) in [7, 11) is 3.59. The van der Waals surface area contributed by atoms with E-state index < -0.39 is 0 Å². The van der Waals surface area contributed by atoms with Gasteiger partial charge in [0.25, 0.3) is 0 Å². The Morgan fingerprint density at radius 2 is 2.40 bits per heavy atom. The fraction of sp³-hybridized carbons (Fsp3) is 0.429. The first-order valence-electron chi connectivity index (χ1n) is 3.20. The van der Waals surface area contributed by atoms with E-state index in [1.165, 1.54) is 0 Å². The van der Waals surface area contributed by atoms with Gasteiger partial charge in [-0.3, -0.25) is 0 Å². The second-order valence-corrected chi connectivity index (χ2v) is 2.43. The van der Waals surface area contributed by atoms with Crippen LogP contribution in [0.4, 0.5) is 0 Å². The highest BCUT2D eigenvalue weighted by atomic mass is 16.5. The quantitative estimate of drug-likeness (QED) is 0.617. The predicted octanol–water partition coefficient (Wildman–Crippen LogP) is 0.846. The van der Waals surface area contributed by atoms with Gasteiger partial charge in [0.05, 0.1) is 6.54 Å². The van der Waals surface area contributed by atoms with Crippen molar-refractivity contribution >= 4 is 0 Å². The van der Waals surface area contributed by atoms with Crippen LogP contribution in [0.2, 0.25) is 0 Å². The number of aryl methyl sites for hydroxylation is 1. The zero-order valence-electron chi connectivity index (χ0n) is 6.28. The Bertz CT molecular complexity index is 205. The van der Waals surface area contributed by atoms with Gasteiger partial charge in [-0.2, -0.15) is 5.06 Å². The third-order valence-corrected chi connectivity index (χ3v) is 1.44. The minimum atomic E-state index is 0.573. The number of hydrogen-bond acceptors (Lipinski definition) is 2. The number of hydrogen-bond donors (Lipinski definition) is 1. The molecule has 1 aromatic heterocycles. The fourth-order valence-corrected chi connectivity index (χ4v) is 0.895. The summed E-state index contributed by atoms with van der Waals surface area (Å²) >= 11 is 0. The van der Waals surface area contributed by atoms with Crippen LogP contribution >= 0.6 is 0 Å². The summed E-state index contributed by atoms with van der Waals surface area (Å²) < 4.78 is 1.98. The second kappa shape index (κ2) is 2.86. The molecule has 0 atom stereocenters. The first kappa shape index (κ1) is 7.31. The summed E-state index contributed by atoms with van der Waals surface area (Å²) in [5.41, 5.74) is 1.10. The smallest absolute Gasteiger partial charge is 0.0638 e. The van der Waals surface area contributed by atoms with Gasteiger partial charge in [0, 0.05) is 26.0 Å². The minimum absolute atomic E-state index is 0.573. The molecule has 56 valence electrons. The molecule has 0 spiro atoms. The maximum absolute atomic E-state index is 8.87. The highest BCUT2D eigenvalue weighted by Gasteiger charge is 1.97. The lowest BCUT2D eigenvalue weighted by Crippen LogP contribution is -2.13. The number of rotatable bonds is 2. The number of nitrogens with zero attached hydrogens (tertiary/aromatic N) is 2. The average Bonchev–Trinajstić information content (AvgIpc) is 2.15. The van der Waals surface area contributed by atoms with Crippen LogP contribution in [0, 0.1) is 0 Å². The average molecular weight is 140 g/mol. The van der Waals surface area contributed by atoms with Crippen LogP contribution in [0.5, 0.6) is 0 Å². The molecule has 0 aliphatic carbocycles. The normalized spacial score (nSPS) is 10.8. The number of aromatic nitrogens is 1. The van der Waals surface area contributed by atoms with Gasteiger partial charge >= 0.3 is 0 Å². The summed E-state index contributed by atoms with van der Waals surface area (Å²) in [6.07, 6.45) is 1.96. The fourth-order valence-electron chi connectivity index (χ4n) is 0.895. The van der Waals surface area contributed by atoms with Gasteiger partial charge in [0.2, 0.25) is 0 Å². The van der Waals surface area contributed by atoms with E-state index in [0.29, 0.717) is 6.54 Å². The van der Waals surface area contributed by atoms with E-state index >= 15 is 0 Å². The van der Waals surface area contributed by atoms with E-state index in [0.717, 1.165) is 10.8 Å². The first-order chi connectivity index (χ1) is 4.70. The van der Waals surface area contributed by atoms with E-state index in [4.69, 9.17) is 5.21 Å². The zero-order valence-corrected chi connectivity index (χ0v) is 6.28. The second-order valence-electron chi connectivity index (χ2n) is 2.43. The van der Waals surface area contributed by atoms with Gasteiger partial charge in [-0.1, -0.05) is 0 Å². The van der Waals surface area contributed by atoms with Crippen LogP contribution in [0.1, 0.15) is 5.69 Å². The third kappa shape index (κ3) is 1.59. The van der Waals surface area contributed by atoms with Crippen LogP contribution < -0.4 is 0 Å². The Morgan fingerprint density at radius 3 is 2.80 bits per heavy atom. The SMILES string of the molecule is CN(O)Cc1cccn1C. The highest BCUT2D eigenvalue weighted by Crippen LogP contribution is 2.00. The van der Waals surface area contributed by atoms with Crippen molar-refractivity contribution in [2.24, 2.45) is 7.05 Å². The molecular weight excluding hydrogens is 128 g/mol. The molecule has 0 saturated carbocycles. The Morgan fingerprint density at radius 1 is 1.70 bits per heavy atom. The van der Waals surface area contributed by atoms with Crippen LogP contribution in [0.15, 0.2) is 18.3 Å². The molecule has 0 aliphatic heterocycles. The maximum Gasteiger partial charge on any atom is 0.0638 e. The van der Waals surface area contributed by atoms with Gasteiger partial charge in [0.1, 0.15) is 0 Å². The molecule has 3 heteroatoms. The van der Waals surface area contributed by atoms with E-state index in [2.05, 4.69) is 0 Å². The number of hydroxylamine groups is 2. The van der Waals surface area contributed by atoms with Gasteiger partial charge < -0.3 is 9.77 Å². The molecule has 3 nitrogen and oxygen atoms in total. The van der Waals surface area contributed by atoms with E-state index in [1.807, 2.05) is 29.9 Å². The summed E-state index contributed by atoms with van der Waals surface area (Å²) in [6, 6.07) is 3.94. The Hall–Kier alpha value is -0.800. The standard InChI is InChI=1S/C7H12N2O/c1-8-5-3-4-7(8)6-9(2)10/h3-5,10H,6H2,1-2H3. The summed E-state index contributed by atoms with van der Waals surface area (Å²) in [4.78, 5) is 0. The molecular formula is C7H12N2O. The van der Waals surface area contributed by atoms with Gasteiger partial charge in [0.15, 0.2) is 0 Å². The van der Waals surface area contributed by atoms with Gasteiger partial charge in [-0.15, -0.1) is 0 Å². The summed E-state index contributed by atoms with van der Waals surface area (Å²) in [5.74, 6) is 0. The summed E-state index contributed by atoms with van der Waals surface area (Å²) in [6.45, 7) is 0.573. The van der Waals surface area contributed by atoms with Crippen LogP contribution in [0.25, 0.3) is 0 Å². The van der Waals surface area contributed by atoms with Crippen molar-refractivity contribution < 1.29 is 5.21 Å². The lowest BCUT2D eigenvalue weighted by Gasteiger charge is -2.07. The van der Waals surface area contributed by atoms with E-state index in [1.54, 1.807) is 7.05 Å². The molecule has 0 fully saturated rings. The van der Waals surface area contributed by atoms with Gasteiger partial charge in [-0.25, -0.2) is 0 Å². The molecule has 0 radical (unpaired) electrons. The monoisotopic (exact) mass is 140 g/mol. The Labute approximate surface area is 60.5 Å². The maximum atomic E-state index is 8.87. The van der Waals surface area contributed by atoms with Crippen molar-refractivity contribution in [1.82, 2.24) is 9.63 Å². The van der Waals surface area contributed by atoms with Crippen LogP contribution in [-0.4, -0.2) is 21.9 Å². The molecule has 0 bridgehead atoms. The molecule has 0 unspecified atom stereocenters. The first-order valence-corrected chi connectivity index (χ1v) is 3.20. The van der Waals surface area contributed by atoms with Crippen molar-refractivity contribution in [2.75, 3.05) is 7.05 Å². The molecule has 1 N–H and O–H groups in total. The van der Waals surface area contributed by atoms with Crippen molar-refractivity contribution in [3.8, 4) is 0 Å². The van der Waals surface area contributed by atoms with E-state index in [-0.39, 0.29) is 0 Å². The third-order valence-electron chi connectivity index (χ3n) is 1.44. The molecule has 1 aromatic rings. The molecule has 0 saturated heterocycles. The van der Waals surface area contributed by atoms with Crippen LogP contribution in [0.3, 0.4) is 0 Å². The summed E-state index contributed by atoms with van der Waals surface area (Å²) in [5, 5.41) is 10.0. The zero-order chi connectivity index (χ0) is 7.56. The molecule has 10 heavy (non-hydrogen) atoms. The largest absolute Gasteiger partial charge is 0.353 e. The molecule has 1 rings (SSSR count). The molecule has 0 aromatic carbocycles. The van der Waals surface area contributed by atoms with Gasteiger partial charge in [-0.05, 0) is 12.1 Å². The predicted molar refractivity (Wildman–Crippen MR) is 38.7 cm³/mol. The van der Waals surface area contributed by atoms with Crippen molar-refractivity contribution in [3.63, 3.8) is 0 Å². The van der Waals surface area contributed by atoms with E-state index in [9.17, 15) is 0 Å². The topological polar surface area (TPSA) is 28.4 Å². The lowest BCUT2D eigenvalue weighted by molar-refractivity contribution is -0.0746. The molecule has 0 aliphatic rings. The minimum Gasteiger partial charge on any atom is -0.353 e. The highest BCUT2D eigenvalue weighted by molar-refractivity contribution is 5.05. The Balaban J connectivity index is 2.65.